The zero-order valence-corrected chi connectivity index (χ0v) is 19.7. The highest BCUT2D eigenvalue weighted by molar-refractivity contribution is 9.10. The number of rotatable bonds is 13. The van der Waals surface area contributed by atoms with Crippen molar-refractivity contribution in [3.05, 3.63) is 34.2 Å². The van der Waals surface area contributed by atoms with Gasteiger partial charge in [0, 0.05) is 18.8 Å². The molecule has 0 aliphatic rings. The Balaban J connectivity index is 1.77. The molecular weight excluding hydrogens is 503 g/mol. The van der Waals surface area contributed by atoms with Crippen LogP contribution in [0.2, 0.25) is 0 Å². The molecule has 33 heavy (non-hydrogen) atoms. The number of hydroxylamine groups is 1. The molecule has 2 aromatic rings. The van der Waals surface area contributed by atoms with Crippen molar-refractivity contribution in [3.63, 3.8) is 0 Å². The van der Waals surface area contributed by atoms with Gasteiger partial charge in [-0.3, -0.25) is 10.3 Å². The predicted octanol–water partition coefficient (Wildman–Crippen LogP) is 3.09. The molecule has 1 aromatic carbocycles. The van der Waals surface area contributed by atoms with Gasteiger partial charge < -0.3 is 26.3 Å². The number of nitrogens with zero attached hydrogens (tertiary/aromatic N) is 3. The third-order valence-corrected chi connectivity index (χ3v) is 4.88. The molecule has 0 aliphatic carbocycles. The highest BCUT2D eigenvalue weighted by Crippen LogP contribution is 2.25. The fourth-order valence-corrected chi connectivity index (χ4v) is 2.98. The van der Waals surface area contributed by atoms with Crippen molar-refractivity contribution in [1.29, 1.82) is 0 Å². The van der Waals surface area contributed by atoms with Gasteiger partial charge in [0.05, 0.1) is 11.1 Å². The van der Waals surface area contributed by atoms with Crippen molar-refractivity contribution < 1.29 is 23.8 Å². The normalized spacial score (nSPS) is 12.3. The van der Waals surface area contributed by atoms with E-state index in [0.29, 0.717) is 37.6 Å². The van der Waals surface area contributed by atoms with E-state index in [1.165, 1.54) is 18.2 Å². The van der Waals surface area contributed by atoms with Gasteiger partial charge >= 0.3 is 6.09 Å². The quantitative estimate of drug-likeness (QED) is 0.0742. The van der Waals surface area contributed by atoms with Crippen molar-refractivity contribution >= 4 is 39.5 Å². The van der Waals surface area contributed by atoms with E-state index in [9.17, 15) is 14.4 Å². The van der Waals surface area contributed by atoms with Crippen LogP contribution >= 0.6 is 15.9 Å². The molecule has 7 N–H and O–H groups in total. The maximum atomic E-state index is 13.4. The average molecular weight is 531 g/mol. The first-order valence-electron chi connectivity index (χ1n) is 10.4. The van der Waals surface area contributed by atoms with E-state index in [4.69, 9.17) is 15.1 Å². The van der Waals surface area contributed by atoms with Crippen LogP contribution in [0.5, 0.6) is 0 Å². The lowest BCUT2D eigenvalue weighted by Gasteiger charge is -2.17. The van der Waals surface area contributed by atoms with Crippen LogP contribution in [-0.2, 0) is 4.74 Å². The van der Waals surface area contributed by atoms with E-state index in [-0.39, 0.29) is 16.1 Å². The summed E-state index contributed by atoms with van der Waals surface area (Å²) in [6, 6.07) is 4.29. The SMILES string of the molecule is CCCCCOC(=O)NC(N)=NCCCNc1nonc1C(NO)Nc1ccc(F)c(Br)c1. The van der Waals surface area contributed by atoms with Crippen LogP contribution < -0.4 is 27.2 Å². The molecule has 0 radical (unpaired) electrons. The summed E-state index contributed by atoms with van der Waals surface area (Å²) in [5, 5.41) is 25.4. The number of carbonyl (C=O) groups is 1. The molecule has 1 aromatic heterocycles. The Morgan fingerprint density at radius 2 is 2.18 bits per heavy atom. The summed E-state index contributed by atoms with van der Waals surface area (Å²) in [6.07, 6.45) is 1.87. The zero-order chi connectivity index (χ0) is 24.1. The molecule has 1 amide bonds. The van der Waals surface area contributed by atoms with Crippen molar-refractivity contribution in [3.8, 4) is 0 Å². The van der Waals surface area contributed by atoms with E-state index < -0.39 is 18.1 Å². The van der Waals surface area contributed by atoms with Crippen LogP contribution in [0.3, 0.4) is 0 Å². The van der Waals surface area contributed by atoms with Gasteiger partial charge in [-0.25, -0.2) is 13.8 Å². The lowest BCUT2D eigenvalue weighted by Crippen LogP contribution is -2.37. The van der Waals surface area contributed by atoms with Gasteiger partial charge in [-0.15, -0.1) is 0 Å². The van der Waals surface area contributed by atoms with Crippen molar-refractivity contribution in [2.45, 2.75) is 38.8 Å². The standard InChI is InChI=1S/C19H28BrFN8O4/c1-2-3-4-10-32-19(30)26-18(22)24-9-5-8-23-16-15(28-33-29-16)17(27-31)25-12-6-7-14(21)13(20)11-12/h6-7,11,17,25,27,31H,2-5,8-10H2,1H3,(H,23,29)(H3,22,24,26,30). The van der Waals surface area contributed by atoms with Gasteiger partial charge in [-0.2, -0.15) is 5.48 Å². The summed E-state index contributed by atoms with van der Waals surface area (Å²) in [6.45, 7) is 3.16. The molecule has 14 heteroatoms. The van der Waals surface area contributed by atoms with Crippen LogP contribution in [0, 0.1) is 5.82 Å². The Labute approximate surface area is 198 Å². The second-order valence-electron chi connectivity index (χ2n) is 6.85. The number of benzene rings is 1. The number of aliphatic imine (C=N–C) groups is 1. The number of hydrogen-bond donors (Lipinski definition) is 6. The van der Waals surface area contributed by atoms with Gasteiger partial charge in [-0.1, -0.05) is 19.8 Å². The molecule has 0 saturated carbocycles. The second kappa shape index (κ2) is 14.2. The molecule has 0 bridgehead atoms. The van der Waals surface area contributed by atoms with Gasteiger partial charge in [0.15, 0.2) is 23.6 Å². The van der Waals surface area contributed by atoms with Gasteiger partial charge in [-0.05, 0) is 57.3 Å². The monoisotopic (exact) mass is 530 g/mol. The van der Waals surface area contributed by atoms with Crippen LogP contribution in [0.1, 0.15) is 44.5 Å². The molecule has 182 valence electrons. The number of amides is 1. The predicted molar refractivity (Wildman–Crippen MR) is 123 cm³/mol. The van der Waals surface area contributed by atoms with E-state index in [0.717, 1.165) is 19.3 Å². The Morgan fingerprint density at radius 1 is 1.36 bits per heavy atom. The second-order valence-corrected chi connectivity index (χ2v) is 7.70. The lowest BCUT2D eigenvalue weighted by atomic mass is 10.2. The molecule has 12 nitrogen and oxygen atoms in total. The minimum atomic E-state index is -0.877. The number of hydrogen-bond acceptors (Lipinski definition) is 10. The first-order chi connectivity index (χ1) is 15.9. The summed E-state index contributed by atoms with van der Waals surface area (Å²) in [7, 11) is 0. The number of nitrogens with two attached hydrogens (primary N) is 1. The number of guanidine groups is 1. The molecule has 0 saturated heterocycles. The van der Waals surface area contributed by atoms with Gasteiger partial charge in [0.25, 0.3) is 0 Å². The number of aromatic nitrogens is 2. The van der Waals surface area contributed by atoms with Gasteiger partial charge in [0.1, 0.15) is 5.82 Å². The molecular formula is C19H28BrFN8O4. The fraction of sp³-hybridized carbons (Fsp3) is 0.474. The number of halogens is 2. The molecule has 0 aliphatic heterocycles. The molecule has 2 rings (SSSR count). The lowest BCUT2D eigenvalue weighted by molar-refractivity contribution is 0.133. The zero-order valence-electron chi connectivity index (χ0n) is 18.1. The van der Waals surface area contributed by atoms with Crippen molar-refractivity contribution in [1.82, 2.24) is 21.1 Å². The molecule has 0 fully saturated rings. The number of ether oxygens (including phenoxy) is 1. The minimum absolute atomic E-state index is 0.0292. The molecule has 0 spiro atoms. The molecule has 1 atom stereocenters. The van der Waals surface area contributed by atoms with Gasteiger partial charge in [0.2, 0.25) is 0 Å². The summed E-state index contributed by atoms with van der Waals surface area (Å²) in [5.41, 5.74) is 8.51. The van der Waals surface area contributed by atoms with E-state index in [1.54, 1.807) is 0 Å². The summed E-state index contributed by atoms with van der Waals surface area (Å²) in [5.74, 6) is -0.152. The van der Waals surface area contributed by atoms with E-state index in [2.05, 4.69) is 59.6 Å². The van der Waals surface area contributed by atoms with Crippen LogP contribution in [0.4, 0.5) is 20.7 Å². The highest BCUT2D eigenvalue weighted by atomic mass is 79.9. The number of nitrogens with one attached hydrogen (secondary N) is 4. The first kappa shape index (κ1) is 26.3. The maximum Gasteiger partial charge on any atom is 0.413 e. The smallest absolute Gasteiger partial charge is 0.413 e. The number of anilines is 2. The third-order valence-electron chi connectivity index (χ3n) is 4.27. The van der Waals surface area contributed by atoms with E-state index in [1.807, 2.05) is 0 Å². The topological polar surface area (TPSA) is 172 Å². The highest BCUT2D eigenvalue weighted by Gasteiger charge is 2.21. The van der Waals surface area contributed by atoms with E-state index >= 15 is 0 Å². The van der Waals surface area contributed by atoms with Crippen molar-refractivity contribution in [2.24, 2.45) is 10.7 Å². The largest absolute Gasteiger partial charge is 0.449 e. The Hall–Kier alpha value is -2.97. The van der Waals surface area contributed by atoms with Crippen LogP contribution in [0.25, 0.3) is 0 Å². The number of unbranched alkanes of at least 4 members (excludes halogenated alkanes) is 2. The first-order valence-corrected chi connectivity index (χ1v) is 11.1. The van der Waals surface area contributed by atoms with Crippen LogP contribution in [0.15, 0.2) is 32.3 Å². The summed E-state index contributed by atoms with van der Waals surface area (Å²) in [4.78, 5) is 15.6. The Morgan fingerprint density at radius 3 is 2.91 bits per heavy atom. The summed E-state index contributed by atoms with van der Waals surface area (Å²) < 4.78 is 23.4. The Kier molecular flexibility index (Phi) is 11.3. The maximum absolute atomic E-state index is 13.4. The molecule has 1 unspecified atom stereocenters. The number of alkyl carbamates (subject to hydrolysis) is 1. The minimum Gasteiger partial charge on any atom is -0.449 e. The fourth-order valence-electron chi connectivity index (χ4n) is 2.60. The summed E-state index contributed by atoms with van der Waals surface area (Å²) >= 11 is 3.10. The average Bonchev–Trinajstić information content (AvgIpc) is 3.25. The number of carbonyl (C=O) groups excluding carboxylic acids is 1. The molecule has 1 heterocycles. The third kappa shape index (κ3) is 9.19. The Bertz CT molecular complexity index is 914. The van der Waals surface area contributed by atoms with Crippen LogP contribution in [-0.4, -0.2) is 47.3 Å². The van der Waals surface area contributed by atoms with Crippen molar-refractivity contribution in [2.75, 3.05) is 30.3 Å².